The summed E-state index contributed by atoms with van der Waals surface area (Å²) in [6.45, 7) is 3.98. The fourth-order valence-corrected chi connectivity index (χ4v) is 2.66. The lowest BCUT2D eigenvalue weighted by atomic mass is 10.0. The van der Waals surface area contributed by atoms with Gasteiger partial charge in [0.1, 0.15) is 5.76 Å². The highest BCUT2D eigenvalue weighted by molar-refractivity contribution is 5.78. The van der Waals surface area contributed by atoms with Gasteiger partial charge in [0.2, 0.25) is 0 Å². The van der Waals surface area contributed by atoms with Crippen molar-refractivity contribution < 1.29 is 8.81 Å². The Morgan fingerprint density at radius 3 is 2.76 bits per heavy atom. The zero-order valence-electron chi connectivity index (χ0n) is 12.4. The molecule has 110 valence electrons. The number of fused-ring (bicyclic) bond motifs is 1. The molecule has 0 amide bonds. The highest BCUT2D eigenvalue weighted by atomic mass is 19.1. The maximum atomic E-state index is 13.7. The Morgan fingerprint density at radius 2 is 2.14 bits per heavy atom. The zero-order valence-corrected chi connectivity index (χ0v) is 12.4. The molecule has 0 bridgehead atoms. The monoisotopic (exact) mass is 287 g/mol. The lowest BCUT2D eigenvalue weighted by Gasteiger charge is -2.09. The SMILES string of the molecule is Cc1nn(C)c(C)c1CC(N)c1cc2cccc(F)c2o1. The van der Waals surface area contributed by atoms with Gasteiger partial charge in [-0.25, -0.2) is 4.39 Å². The van der Waals surface area contributed by atoms with Crippen molar-refractivity contribution in [3.63, 3.8) is 0 Å². The number of aromatic nitrogens is 2. The molecule has 21 heavy (non-hydrogen) atoms. The third kappa shape index (κ3) is 2.34. The summed E-state index contributed by atoms with van der Waals surface area (Å²) in [5.41, 5.74) is 9.67. The fraction of sp³-hybridized carbons (Fsp3) is 0.312. The summed E-state index contributed by atoms with van der Waals surface area (Å²) in [6.07, 6.45) is 0.618. The molecular weight excluding hydrogens is 269 g/mol. The standard InChI is InChI=1S/C16H18FN3O/c1-9-12(10(2)20(3)19-9)8-14(18)15-7-11-5-4-6-13(17)16(11)21-15/h4-7,14H,8,18H2,1-3H3. The Kier molecular flexibility index (Phi) is 3.29. The Labute approximate surface area is 122 Å². The van der Waals surface area contributed by atoms with Crippen LogP contribution in [0.2, 0.25) is 0 Å². The van der Waals surface area contributed by atoms with E-state index in [0.717, 1.165) is 22.3 Å². The van der Waals surface area contributed by atoms with Crippen LogP contribution < -0.4 is 5.73 Å². The minimum atomic E-state index is -0.361. The lowest BCUT2D eigenvalue weighted by molar-refractivity contribution is 0.477. The van der Waals surface area contributed by atoms with Gasteiger partial charge in [-0.1, -0.05) is 12.1 Å². The molecule has 3 aromatic rings. The largest absolute Gasteiger partial charge is 0.456 e. The number of hydrogen-bond donors (Lipinski definition) is 1. The molecule has 3 rings (SSSR count). The lowest BCUT2D eigenvalue weighted by Crippen LogP contribution is -2.13. The molecule has 4 nitrogen and oxygen atoms in total. The van der Waals surface area contributed by atoms with Gasteiger partial charge in [-0.15, -0.1) is 0 Å². The van der Waals surface area contributed by atoms with E-state index in [0.29, 0.717) is 12.2 Å². The molecule has 0 fully saturated rings. The average molecular weight is 287 g/mol. The summed E-state index contributed by atoms with van der Waals surface area (Å²) in [6, 6.07) is 6.36. The molecular formula is C16H18FN3O. The van der Waals surface area contributed by atoms with Crippen LogP contribution in [0.1, 0.15) is 28.8 Å². The van der Waals surface area contributed by atoms with E-state index in [1.54, 1.807) is 6.07 Å². The predicted molar refractivity (Wildman–Crippen MR) is 79.5 cm³/mol. The highest BCUT2D eigenvalue weighted by Gasteiger charge is 2.18. The van der Waals surface area contributed by atoms with Gasteiger partial charge in [0.15, 0.2) is 11.4 Å². The van der Waals surface area contributed by atoms with Gasteiger partial charge in [-0.3, -0.25) is 4.68 Å². The quantitative estimate of drug-likeness (QED) is 0.805. The van der Waals surface area contributed by atoms with Crippen LogP contribution >= 0.6 is 0 Å². The van der Waals surface area contributed by atoms with E-state index in [1.807, 2.05) is 37.7 Å². The van der Waals surface area contributed by atoms with Crippen molar-refractivity contribution in [2.24, 2.45) is 12.8 Å². The number of halogens is 1. The maximum Gasteiger partial charge on any atom is 0.169 e. The van der Waals surface area contributed by atoms with Gasteiger partial charge >= 0.3 is 0 Å². The Hall–Kier alpha value is -2.14. The van der Waals surface area contributed by atoms with Crippen molar-refractivity contribution in [1.82, 2.24) is 9.78 Å². The van der Waals surface area contributed by atoms with Crippen LogP contribution in [0.15, 0.2) is 28.7 Å². The Morgan fingerprint density at radius 1 is 1.38 bits per heavy atom. The minimum absolute atomic E-state index is 0.266. The summed E-state index contributed by atoms with van der Waals surface area (Å²) >= 11 is 0. The van der Waals surface area contributed by atoms with Crippen LogP contribution in [0.3, 0.4) is 0 Å². The van der Waals surface area contributed by atoms with Crippen molar-refractivity contribution in [1.29, 1.82) is 0 Å². The molecule has 5 heteroatoms. The van der Waals surface area contributed by atoms with E-state index in [1.165, 1.54) is 6.07 Å². The van der Waals surface area contributed by atoms with E-state index >= 15 is 0 Å². The van der Waals surface area contributed by atoms with Crippen LogP contribution in [-0.4, -0.2) is 9.78 Å². The molecule has 2 N–H and O–H groups in total. The van der Waals surface area contributed by atoms with E-state index in [2.05, 4.69) is 5.10 Å². The molecule has 0 aliphatic carbocycles. The number of benzene rings is 1. The Bertz CT molecular complexity index is 803. The normalized spacial score (nSPS) is 13.0. The second-order valence-electron chi connectivity index (χ2n) is 5.39. The van der Waals surface area contributed by atoms with Crippen LogP contribution in [-0.2, 0) is 13.5 Å². The minimum Gasteiger partial charge on any atom is -0.456 e. The summed E-state index contributed by atoms with van der Waals surface area (Å²) < 4.78 is 21.1. The third-order valence-corrected chi connectivity index (χ3v) is 3.96. The van der Waals surface area contributed by atoms with Gasteiger partial charge in [-0.05, 0) is 38.0 Å². The van der Waals surface area contributed by atoms with E-state index in [4.69, 9.17) is 10.2 Å². The van der Waals surface area contributed by atoms with Crippen LogP contribution in [0.25, 0.3) is 11.0 Å². The summed E-state index contributed by atoms with van der Waals surface area (Å²) in [5, 5.41) is 5.12. The molecule has 2 aromatic heterocycles. The topological polar surface area (TPSA) is 57.0 Å². The van der Waals surface area contributed by atoms with Gasteiger partial charge in [0.25, 0.3) is 0 Å². The molecule has 0 saturated heterocycles. The van der Waals surface area contributed by atoms with Crippen molar-refractivity contribution >= 4 is 11.0 Å². The number of aryl methyl sites for hydroxylation is 2. The second kappa shape index (κ2) is 5.00. The first-order chi connectivity index (χ1) is 9.97. The molecule has 0 radical (unpaired) electrons. The number of para-hydroxylation sites is 1. The zero-order chi connectivity index (χ0) is 15.1. The van der Waals surface area contributed by atoms with E-state index in [-0.39, 0.29) is 17.4 Å². The third-order valence-electron chi connectivity index (χ3n) is 3.96. The van der Waals surface area contributed by atoms with Gasteiger partial charge in [0, 0.05) is 18.1 Å². The van der Waals surface area contributed by atoms with Crippen molar-refractivity contribution in [3.05, 3.63) is 52.8 Å². The van der Waals surface area contributed by atoms with E-state index < -0.39 is 0 Å². The van der Waals surface area contributed by atoms with Gasteiger partial charge in [-0.2, -0.15) is 5.10 Å². The molecule has 0 spiro atoms. The molecule has 2 heterocycles. The molecule has 1 atom stereocenters. The van der Waals surface area contributed by atoms with E-state index in [9.17, 15) is 4.39 Å². The van der Waals surface area contributed by atoms with Crippen LogP contribution in [0, 0.1) is 19.7 Å². The predicted octanol–water partition coefficient (Wildman–Crippen LogP) is 3.16. The molecule has 1 aromatic carbocycles. The molecule has 1 unspecified atom stereocenters. The number of nitrogens with two attached hydrogens (primary N) is 1. The molecule has 0 aliphatic heterocycles. The number of nitrogens with zero attached hydrogens (tertiary/aromatic N) is 2. The first-order valence-electron chi connectivity index (χ1n) is 6.90. The smallest absolute Gasteiger partial charge is 0.169 e. The van der Waals surface area contributed by atoms with Crippen LogP contribution in [0.4, 0.5) is 4.39 Å². The first-order valence-corrected chi connectivity index (χ1v) is 6.90. The Balaban J connectivity index is 1.93. The van der Waals surface area contributed by atoms with Crippen LogP contribution in [0.5, 0.6) is 0 Å². The average Bonchev–Trinajstić information content (AvgIpc) is 2.97. The van der Waals surface area contributed by atoms with Gasteiger partial charge < -0.3 is 10.2 Å². The van der Waals surface area contributed by atoms with Gasteiger partial charge in [0.05, 0.1) is 11.7 Å². The first kappa shape index (κ1) is 13.8. The molecule has 0 aliphatic rings. The second-order valence-corrected chi connectivity index (χ2v) is 5.39. The van der Waals surface area contributed by atoms with Crippen molar-refractivity contribution in [2.45, 2.75) is 26.3 Å². The number of rotatable bonds is 3. The van der Waals surface area contributed by atoms with Crippen molar-refractivity contribution in [2.75, 3.05) is 0 Å². The number of hydrogen-bond acceptors (Lipinski definition) is 3. The summed E-state index contributed by atoms with van der Waals surface area (Å²) in [4.78, 5) is 0. The highest BCUT2D eigenvalue weighted by Crippen LogP contribution is 2.27. The van der Waals surface area contributed by atoms with Crippen molar-refractivity contribution in [3.8, 4) is 0 Å². The fourth-order valence-electron chi connectivity index (χ4n) is 2.66. The summed E-state index contributed by atoms with van der Waals surface area (Å²) in [5.74, 6) is 0.234. The maximum absolute atomic E-state index is 13.7. The summed E-state index contributed by atoms with van der Waals surface area (Å²) in [7, 11) is 1.91. The molecule has 0 saturated carbocycles. The number of furan rings is 1.